The summed E-state index contributed by atoms with van der Waals surface area (Å²) in [7, 11) is 0. The Labute approximate surface area is 145 Å². The summed E-state index contributed by atoms with van der Waals surface area (Å²) in [5.74, 6) is 0. The average molecular weight is 476 g/mol. The van der Waals surface area contributed by atoms with Crippen LogP contribution in [0.5, 0.6) is 0 Å². The number of fused-ring (bicyclic) bond motifs is 1. The van der Waals surface area contributed by atoms with Crippen molar-refractivity contribution in [2.24, 2.45) is 0 Å². The van der Waals surface area contributed by atoms with Crippen molar-refractivity contribution >= 4 is 64.5 Å². The molecule has 3 N–H and O–H groups in total. The van der Waals surface area contributed by atoms with Gasteiger partial charge < -0.3 is 15.3 Å². The minimum absolute atomic E-state index is 0.203. The molecular weight excluding hydrogens is 466 g/mol. The molecule has 0 amide bonds. The molecule has 0 aliphatic carbocycles. The summed E-state index contributed by atoms with van der Waals surface area (Å²) < 4.78 is 2.95. The minimum Gasteiger partial charge on any atom is -0.380 e. The van der Waals surface area contributed by atoms with E-state index in [1.54, 1.807) is 0 Å². The Morgan fingerprint density at radius 1 is 0.905 bits per heavy atom. The number of hydrogen-bond donors (Lipinski definition) is 3. The van der Waals surface area contributed by atoms with E-state index in [1.807, 2.05) is 24.3 Å². The van der Waals surface area contributed by atoms with Crippen LogP contribution < -0.4 is 11.0 Å². The number of hydrogen-bond acceptors (Lipinski definition) is 2. The number of aromatic amines is 2. The highest BCUT2D eigenvalue weighted by atomic mass is 79.9. The van der Waals surface area contributed by atoms with E-state index in [4.69, 9.17) is 0 Å². The number of rotatable bonds is 3. The number of H-pyrrole nitrogens is 2. The van der Waals surface area contributed by atoms with Gasteiger partial charge in [-0.15, -0.1) is 0 Å². The van der Waals surface area contributed by atoms with Gasteiger partial charge in [0.2, 0.25) is 0 Å². The van der Waals surface area contributed by atoms with E-state index in [9.17, 15) is 4.79 Å². The Morgan fingerprint density at radius 2 is 1.62 bits per heavy atom. The fourth-order valence-corrected chi connectivity index (χ4v) is 3.19. The van der Waals surface area contributed by atoms with E-state index in [1.165, 1.54) is 0 Å². The van der Waals surface area contributed by atoms with Crippen molar-refractivity contribution < 1.29 is 0 Å². The van der Waals surface area contributed by atoms with Gasteiger partial charge in [0, 0.05) is 20.0 Å². The maximum Gasteiger partial charge on any atom is 0.323 e. The summed E-state index contributed by atoms with van der Waals surface area (Å²) in [6.45, 7) is 0.685. The summed E-state index contributed by atoms with van der Waals surface area (Å²) in [6, 6.07) is 9.90. The number of nitrogens with one attached hydrogen (secondary N) is 3. The molecule has 0 atom stereocenters. The summed E-state index contributed by atoms with van der Waals surface area (Å²) in [6.07, 6.45) is 0. The van der Waals surface area contributed by atoms with Crippen LogP contribution in [0.2, 0.25) is 0 Å². The van der Waals surface area contributed by atoms with Gasteiger partial charge >= 0.3 is 5.69 Å². The van der Waals surface area contributed by atoms with Crippen molar-refractivity contribution in [1.29, 1.82) is 0 Å². The monoisotopic (exact) mass is 473 g/mol. The molecule has 3 aromatic rings. The fraction of sp³-hybridized carbons (Fsp3) is 0.0714. The smallest absolute Gasteiger partial charge is 0.323 e. The lowest BCUT2D eigenvalue weighted by Crippen LogP contribution is -2.00. The number of benzene rings is 2. The van der Waals surface area contributed by atoms with Gasteiger partial charge in [0.15, 0.2) is 0 Å². The molecule has 2 aromatic carbocycles. The van der Waals surface area contributed by atoms with Crippen molar-refractivity contribution in [2.45, 2.75) is 6.54 Å². The Hall–Kier alpha value is -1.05. The highest BCUT2D eigenvalue weighted by Gasteiger charge is 2.06. The van der Waals surface area contributed by atoms with E-state index in [-0.39, 0.29) is 5.69 Å². The van der Waals surface area contributed by atoms with Crippen LogP contribution in [0, 0.1) is 0 Å². The highest BCUT2D eigenvalue weighted by Crippen LogP contribution is 2.28. The second-order valence-corrected chi connectivity index (χ2v) is 7.12. The molecule has 1 aromatic heterocycles. The summed E-state index contributed by atoms with van der Waals surface area (Å²) in [5.41, 5.74) is 3.44. The van der Waals surface area contributed by atoms with E-state index >= 15 is 0 Å². The van der Waals surface area contributed by atoms with E-state index in [0.717, 1.165) is 35.7 Å². The Bertz CT molecular complexity index is 870. The third kappa shape index (κ3) is 3.25. The van der Waals surface area contributed by atoms with Crippen molar-refractivity contribution in [3.05, 3.63) is 59.8 Å². The zero-order valence-corrected chi connectivity index (χ0v) is 15.4. The molecule has 0 spiro atoms. The van der Waals surface area contributed by atoms with Gasteiger partial charge in [0.05, 0.1) is 16.7 Å². The third-order valence-electron chi connectivity index (χ3n) is 3.07. The van der Waals surface area contributed by atoms with Crippen LogP contribution in [0.1, 0.15) is 5.56 Å². The predicted molar refractivity (Wildman–Crippen MR) is 95.8 cm³/mol. The molecule has 0 unspecified atom stereocenters. The Balaban J connectivity index is 1.85. The van der Waals surface area contributed by atoms with Crippen LogP contribution in [0.15, 0.2) is 48.5 Å². The molecule has 3 rings (SSSR count). The van der Waals surface area contributed by atoms with Crippen LogP contribution >= 0.6 is 47.8 Å². The SMILES string of the molecule is O=c1[nH]c2cc(Br)c(NCc3ccc(Br)c(Br)c3)cc2[nH]1. The molecule has 0 aliphatic heterocycles. The second kappa shape index (κ2) is 5.98. The standard InChI is InChI=1S/C14H10Br3N3O/c15-8-2-1-7(3-9(8)16)6-18-11-5-13-12(4-10(11)17)19-14(21)20-13/h1-5,18H,6H2,(H2,19,20,21). The number of aromatic nitrogens is 2. The van der Waals surface area contributed by atoms with Crippen molar-refractivity contribution in [2.75, 3.05) is 5.32 Å². The summed E-state index contributed by atoms with van der Waals surface area (Å²) in [4.78, 5) is 16.8. The first kappa shape index (κ1) is 14.9. The van der Waals surface area contributed by atoms with Crippen LogP contribution in [-0.2, 0) is 6.54 Å². The van der Waals surface area contributed by atoms with Gasteiger partial charge in [-0.3, -0.25) is 0 Å². The maximum absolute atomic E-state index is 11.3. The number of imidazole rings is 1. The lowest BCUT2D eigenvalue weighted by molar-refractivity contribution is 1.14. The first-order valence-electron chi connectivity index (χ1n) is 6.12. The maximum atomic E-state index is 11.3. The largest absolute Gasteiger partial charge is 0.380 e. The first-order chi connectivity index (χ1) is 10.0. The molecule has 0 saturated carbocycles. The molecule has 21 heavy (non-hydrogen) atoms. The van der Waals surface area contributed by atoms with E-state index in [0.29, 0.717) is 6.54 Å². The van der Waals surface area contributed by atoms with Crippen molar-refractivity contribution in [3.8, 4) is 0 Å². The molecule has 0 radical (unpaired) electrons. The predicted octanol–water partition coefficient (Wildman–Crippen LogP) is 4.76. The Kier molecular flexibility index (Phi) is 4.24. The van der Waals surface area contributed by atoms with Gasteiger partial charge in [-0.25, -0.2) is 4.79 Å². The van der Waals surface area contributed by atoms with Crippen LogP contribution in [0.25, 0.3) is 11.0 Å². The fourth-order valence-electron chi connectivity index (χ4n) is 2.04. The van der Waals surface area contributed by atoms with Crippen molar-refractivity contribution in [3.63, 3.8) is 0 Å². The minimum atomic E-state index is -0.203. The van der Waals surface area contributed by atoms with Crippen LogP contribution in [0.4, 0.5) is 5.69 Å². The van der Waals surface area contributed by atoms with Gasteiger partial charge in [0.1, 0.15) is 0 Å². The molecule has 0 fully saturated rings. The van der Waals surface area contributed by atoms with Crippen LogP contribution in [0.3, 0.4) is 0 Å². The van der Waals surface area contributed by atoms with Crippen LogP contribution in [-0.4, -0.2) is 9.97 Å². The van der Waals surface area contributed by atoms with Gasteiger partial charge in [-0.05, 0) is 77.6 Å². The van der Waals surface area contributed by atoms with Gasteiger partial charge in [0.25, 0.3) is 0 Å². The molecule has 0 aliphatic rings. The molecule has 7 heteroatoms. The number of halogens is 3. The third-order valence-corrected chi connectivity index (χ3v) is 5.61. The van der Waals surface area contributed by atoms with Gasteiger partial charge in [-0.2, -0.15) is 0 Å². The average Bonchev–Trinajstić information content (AvgIpc) is 2.79. The summed E-state index contributed by atoms with van der Waals surface area (Å²) in [5, 5.41) is 3.36. The van der Waals surface area contributed by atoms with E-state index < -0.39 is 0 Å². The lowest BCUT2D eigenvalue weighted by atomic mass is 10.2. The molecule has 0 bridgehead atoms. The first-order valence-corrected chi connectivity index (χ1v) is 8.50. The van der Waals surface area contributed by atoms with Crippen molar-refractivity contribution in [1.82, 2.24) is 9.97 Å². The highest BCUT2D eigenvalue weighted by molar-refractivity contribution is 9.13. The quantitative estimate of drug-likeness (QED) is 0.511. The molecule has 108 valence electrons. The summed E-state index contributed by atoms with van der Waals surface area (Å²) >= 11 is 10.5. The zero-order chi connectivity index (χ0) is 15.0. The second-order valence-electron chi connectivity index (χ2n) is 4.56. The normalized spacial score (nSPS) is 11.0. The molecule has 0 saturated heterocycles. The molecular formula is C14H10Br3N3O. The molecule has 4 nitrogen and oxygen atoms in total. The van der Waals surface area contributed by atoms with Gasteiger partial charge in [-0.1, -0.05) is 6.07 Å². The topological polar surface area (TPSA) is 60.7 Å². The zero-order valence-electron chi connectivity index (χ0n) is 10.6. The van der Waals surface area contributed by atoms with E-state index in [2.05, 4.69) is 69.1 Å². The molecule has 1 heterocycles. The Morgan fingerprint density at radius 3 is 2.33 bits per heavy atom. The lowest BCUT2D eigenvalue weighted by Gasteiger charge is -2.09. The number of anilines is 1.